The van der Waals surface area contributed by atoms with Crippen molar-refractivity contribution in [3.05, 3.63) is 48.0 Å². The molecule has 1 saturated heterocycles. The van der Waals surface area contributed by atoms with E-state index in [9.17, 15) is 14.4 Å². The highest BCUT2D eigenvalue weighted by Gasteiger charge is 2.56. The summed E-state index contributed by atoms with van der Waals surface area (Å²) in [6.45, 7) is 9.83. The minimum atomic E-state index is -1.84. The van der Waals surface area contributed by atoms with Gasteiger partial charge in [0.05, 0.1) is 0 Å². The van der Waals surface area contributed by atoms with E-state index in [2.05, 4.69) is 6.58 Å². The Morgan fingerprint density at radius 3 is 2.39 bits per heavy atom. The molecule has 2 unspecified atom stereocenters. The van der Waals surface area contributed by atoms with E-state index in [1.54, 1.807) is 30.3 Å². The van der Waals surface area contributed by atoms with Crippen LogP contribution in [0.15, 0.2) is 42.5 Å². The smallest absolute Gasteiger partial charge is 0.339 e. The second kappa shape index (κ2) is 9.34. The van der Waals surface area contributed by atoms with E-state index in [0.717, 1.165) is 11.8 Å². The maximum atomic E-state index is 13.2. The highest BCUT2D eigenvalue weighted by Crippen LogP contribution is 2.42. The van der Waals surface area contributed by atoms with Crippen LogP contribution in [0.1, 0.15) is 26.3 Å². The molecule has 2 atom stereocenters. The summed E-state index contributed by atoms with van der Waals surface area (Å²) in [6, 6.07) is 8.47. The van der Waals surface area contributed by atoms with Crippen LogP contribution in [-0.4, -0.2) is 52.7 Å². The van der Waals surface area contributed by atoms with Crippen molar-refractivity contribution in [2.24, 2.45) is 0 Å². The molecule has 150 valence electrons. The van der Waals surface area contributed by atoms with Crippen molar-refractivity contribution in [3.8, 4) is 0 Å². The second-order valence-corrected chi connectivity index (χ2v) is 8.07. The number of benzene rings is 1. The maximum absolute atomic E-state index is 13.2. The average molecular weight is 422 g/mol. The zero-order valence-corrected chi connectivity index (χ0v) is 17.7. The quantitative estimate of drug-likeness (QED) is 0.301. The van der Waals surface area contributed by atoms with Gasteiger partial charge in [-0.1, -0.05) is 60.9 Å². The number of hydrogen-bond donors (Lipinski definition) is 0. The van der Waals surface area contributed by atoms with Crippen LogP contribution in [0.4, 0.5) is 0 Å². The Kier molecular flexibility index (Phi) is 7.37. The molecule has 0 bridgehead atoms. The fourth-order valence-electron chi connectivity index (χ4n) is 2.71. The van der Waals surface area contributed by atoms with Crippen LogP contribution >= 0.6 is 24.0 Å². The third kappa shape index (κ3) is 4.28. The van der Waals surface area contributed by atoms with E-state index in [0.29, 0.717) is 23.0 Å². The van der Waals surface area contributed by atoms with Crippen molar-refractivity contribution >= 4 is 46.0 Å². The van der Waals surface area contributed by atoms with Gasteiger partial charge in [-0.2, -0.15) is 0 Å². The lowest BCUT2D eigenvalue weighted by Gasteiger charge is -2.30. The molecule has 28 heavy (non-hydrogen) atoms. The number of carbonyl (C=O) groups is 3. The molecule has 6 nitrogen and oxygen atoms in total. The molecular weight excluding hydrogens is 398 g/mol. The van der Waals surface area contributed by atoms with Crippen LogP contribution in [0.25, 0.3) is 0 Å². The standard InChI is InChI=1S/C20H23NO5S2/c1-5-21(6-2)19(27)28-20(14-10-8-7-9-11-14)17(23)25-12-15(26-18(20)24)16(22)13(3)4/h7-11,15H,3,5-6,12H2,1-2,4H3. The monoisotopic (exact) mass is 421 g/mol. The number of ketones is 1. The Morgan fingerprint density at radius 2 is 1.86 bits per heavy atom. The lowest BCUT2D eigenvalue weighted by Crippen LogP contribution is -2.44. The van der Waals surface area contributed by atoms with Gasteiger partial charge in [-0.25, -0.2) is 9.59 Å². The van der Waals surface area contributed by atoms with Gasteiger partial charge in [-0.05, 0) is 31.9 Å². The maximum Gasteiger partial charge on any atom is 0.339 e. The number of nitrogens with zero attached hydrogens (tertiary/aromatic N) is 1. The normalized spacial score (nSPS) is 21.9. The van der Waals surface area contributed by atoms with Crippen molar-refractivity contribution in [3.63, 3.8) is 0 Å². The zero-order chi connectivity index (χ0) is 20.9. The summed E-state index contributed by atoms with van der Waals surface area (Å²) in [7, 11) is 0. The van der Waals surface area contributed by atoms with E-state index >= 15 is 0 Å². The van der Waals surface area contributed by atoms with E-state index in [4.69, 9.17) is 21.7 Å². The molecule has 0 N–H and O–H groups in total. The third-order valence-electron chi connectivity index (χ3n) is 4.35. The lowest BCUT2D eigenvalue weighted by molar-refractivity contribution is -0.155. The number of thiocarbonyl (C=S) groups is 1. The first-order valence-electron chi connectivity index (χ1n) is 8.89. The first kappa shape index (κ1) is 22.1. The van der Waals surface area contributed by atoms with E-state index in [1.807, 2.05) is 18.7 Å². The van der Waals surface area contributed by atoms with E-state index in [-0.39, 0.29) is 12.2 Å². The summed E-state index contributed by atoms with van der Waals surface area (Å²) in [4.78, 5) is 40.4. The molecular formula is C20H23NO5S2. The molecule has 1 aromatic rings. The molecule has 0 spiro atoms. The second-order valence-electron chi connectivity index (χ2n) is 6.22. The molecule has 2 rings (SSSR count). The summed E-state index contributed by atoms with van der Waals surface area (Å²) in [5, 5.41) is 0. The Morgan fingerprint density at radius 1 is 1.25 bits per heavy atom. The number of carbonyl (C=O) groups excluding carboxylic acids is 3. The number of hydrogen-bond acceptors (Lipinski definition) is 7. The van der Waals surface area contributed by atoms with Gasteiger partial charge in [0.2, 0.25) is 10.5 Å². The summed E-state index contributed by atoms with van der Waals surface area (Å²) in [6.07, 6.45) is -1.22. The Labute approximate surface area is 174 Å². The molecule has 1 aliphatic heterocycles. The molecule has 0 aromatic heterocycles. The molecule has 0 saturated carbocycles. The van der Waals surface area contributed by atoms with Crippen LogP contribution < -0.4 is 0 Å². The molecule has 0 amide bonds. The SMILES string of the molecule is C=C(C)C(=O)C1COC(=O)C(SC(=S)N(CC)CC)(c2ccccc2)C(=O)O1. The summed E-state index contributed by atoms with van der Waals surface area (Å²) in [5.74, 6) is -2.16. The first-order valence-corrected chi connectivity index (χ1v) is 10.1. The van der Waals surface area contributed by atoms with Gasteiger partial charge < -0.3 is 14.4 Å². The number of Topliss-reactive ketones (excluding diaryl/α,β-unsaturated/α-hetero) is 1. The van der Waals surface area contributed by atoms with Crippen molar-refractivity contribution in [2.75, 3.05) is 19.7 Å². The van der Waals surface area contributed by atoms with Gasteiger partial charge in [-0.3, -0.25) is 4.79 Å². The molecule has 1 heterocycles. The van der Waals surface area contributed by atoms with Gasteiger partial charge in [0, 0.05) is 13.1 Å². The van der Waals surface area contributed by atoms with Crippen molar-refractivity contribution in [1.29, 1.82) is 0 Å². The molecule has 1 aromatic carbocycles. The van der Waals surface area contributed by atoms with Gasteiger partial charge in [-0.15, -0.1) is 0 Å². The van der Waals surface area contributed by atoms with E-state index < -0.39 is 28.6 Å². The number of esters is 2. The summed E-state index contributed by atoms with van der Waals surface area (Å²) >= 11 is 6.40. The van der Waals surface area contributed by atoms with Crippen molar-refractivity contribution in [1.82, 2.24) is 4.90 Å². The van der Waals surface area contributed by atoms with Gasteiger partial charge in [0.25, 0.3) is 0 Å². The van der Waals surface area contributed by atoms with Crippen LogP contribution in [0.5, 0.6) is 0 Å². The summed E-state index contributed by atoms with van der Waals surface area (Å²) in [5.41, 5.74) is 0.598. The van der Waals surface area contributed by atoms with Gasteiger partial charge >= 0.3 is 11.9 Å². The molecule has 0 aliphatic carbocycles. The van der Waals surface area contributed by atoms with E-state index in [1.165, 1.54) is 6.92 Å². The number of rotatable bonds is 6. The Bertz CT molecular complexity index is 791. The molecule has 0 radical (unpaired) electrons. The topological polar surface area (TPSA) is 72.9 Å². The Hall–Kier alpha value is -2.19. The third-order valence-corrected chi connectivity index (χ3v) is 6.16. The number of cyclic esters (lactones) is 2. The van der Waals surface area contributed by atoms with Gasteiger partial charge in [0.1, 0.15) is 10.9 Å². The molecule has 8 heteroatoms. The first-order chi connectivity index (χ1) is 13.3. The van der Waals surface area contributed by atoms with Crippen LogP contribution in [0.2, 0.25) is 0 Å². The fraction of sp³-hybridized carbons (Fsp3) is 0.400. The van der Waals surface area contributed by atoms with Crippen molar-refractivity contribution in [2.45, 2.75) is 31.6 Å². The predicted molar refractivity (Wildman–Crippen MR) is 112 cm³/mol. The highest BCUT2D eigenvalue weighted by molar-refractivity contribution is 8.24. The zero-order valence-electron chi connectivity index (χ0n) is 16.1. The minimum Gasteiger partial charge on any atom is -0.459 e. The summed E-state index contributed by atoms with van der Waals surface area (Å²) < 4.78 is 9.28. The van der Waals surface area contributed by atoms with Crippen LogP contribution in [-0.2, 0) is 28.6 Å². The van der Waals surface area contributed by atoms with Crippen molar-refractivity contribution < 1.29 is 23.9 Å². The van der Waals surface area contributed by atoms with Crippen LogP contribution in [0.3, 0.4) is 0 Å². The fourth-order valence-corrected chi connectivity index (χ4v) is 4.52. The molecule has 1 aliphatic rings. The average Bonchev–Trinajstić information content (AvgIpc) is 2.81. The minimum absolute atomic E-state index is 0.215. The van der Waals surface area contributed by atoms with Crippen LogP contribution in [0, 0.1) is 0 Å². The predicted octanol–water partition coefficient (Wildman–Crippen LogP) is 2.86. The number of thioether (sulfide) groups is 1. The lowest BCUT2D eigenvalue weighted by atomic mass is 9.98. The van der Waals surface area contributed by atoms with Gasteiger partial charge in [0.15, 0.2) is 6.10 Å². The highest BCUT2D eigenvalue weighted by atomic mass is 32.2. The number of ether oxygens (including phenoxy) is 2. The largest absolute Gasteiger partial charge is 0.459 e. The Balaban J connectivity index is 2.52. The molecule has 1 fully saturated rings.